The molecular weight excluding hydrogens is 382 g/mol. The summed E-state index contributed by atoms with van der Waals surface area (Å²) in [5.41, 5.74) is 2.60. The number of amides is 2. The molecule has 2 N–H and O–H groups in total. The van der Waals surface area contributed by atoms with Gasteiger partial charge in [-0.2, -0.15) is 0 Å². The van der Waals surface area contributed by atoms with Crippen LogP contribution >= 0.6 is 0 Å². The van der Waals surface area contributed by atoms with Crippen LogP contribution in [0.5, 0.6) is 0 Å². The summed E-state index contributed by atoms with van der Waals surface area (Å²) < 4.78 is 1.76. The van der Waals surface area contributed by atoms with Crippen molar-refractivity contribution in [2.24, 2.45) is 17.8 Å². The van der Waals surface area contributed by atoms with E-state index >= 15 is 0 Å². The molecule has 0 unspecified atom stereocenters. The van der Waals surface area contributed by atoms with Crippen molar-refractivity contribution >= 4 is 17.4 Å². The van der Waals surface area contributed by atoms with Crippen molar-refractivity contribution in [3.05, 3.63) is 39.8 Å². The molecule has 2 amide bonds. The first kappa shape index (κ1) is 19.5. The van der Waals surface area contributed by atoms with Gasteiger partial charge in [0.15, 0.2) is 0 Å². The van der Waals surface area contributed by atoms with E-state index < -0.39 is 6.04 Å². The number of hydrogen-bond acceptors (Lipinski definition) is 4. The van der Waals surface area contributed by atoms with Crippen LogP contribution in [0.2, 0.25) is 0 Å². The molecular formula is C23H29N3O4. The average Bonchev–Trinajstić information content (AvgIpc) is 3.13. The third-order valence-electron chi connectivity index (χ3n) is 7.36. The van der Waals surface area contributed by atoms with E-state index in [-0.39, 0.29) is 41.9 Å². The van der Waals surface area contributed by atoms with Crippen molar-refractivity contribution in [3.8, 4) is 0 Å². The second kappa shape index (κ2) is 7.38. The zero-order valence-corrected chi connectivity index (χ0v) is 17.3. The zero-order valence-electron chi connectivity index (χ0n) is 17.3. The Hall–Kier alpha value is -2.41. The van der Waals surface area contributed by atoms with Crippen LogP contribution in [0.1, 0.15) is 56.3 Å². The van der Waals surface area contributed by atoms with Crippen LogP contribution in [0.3, 0.4) is 0 Å². The zero-order chi connectivity index (χ0) is 21.0. The molecule has 4 atom stereocenters. The number of rotatable bonds is 5. The highest BCUT2D eigenvalue weighted by molar-refractivity contribution is 5.88. The summed E-state index contributed by atoms with van der Waals surface area (Å²) in [7, 11) is 0. The Bertz CT molecular complexity index is 977. The lowest BCUT2D eigenvalue weighted by atomic mass is 9.88. The summed E-state index contributed by atoms with van der Waals surface area (Å²) in [5.74, 6) is -0.373. The summed E-state index contributed by atoms with van der Waals surface area (Å²) in [4.78, 5) is 40.5. The molecule has 3 heterocycles. The van der Waals surface area contributed by atoms with Gasteiger partial charge in [-0.1, -0.05) is 6.08 Å². The number of hydrogen-bond donors (Lipinski definition) is 2. The van der Waals surface area contributed by atoms with Crippen molar-refractivity contribution in [2.45, 2.75) is 57.7 Å². The number of nitrogens with one attached hydrogen (secondary N) is 1. The van der Waals surface area contributed by atoms with Gasteiger partial charge in [-0.3, -0.25) is 14.4 Å². The standard InChI is InChI=1S/C23H29N3O4/c1-13(28)26-20-17(18(12-27)21(26)22(29)24-10-14-6-7-14)11-25-19(20)9-8-16(23(25)30)15-4-2-3-5-15/h4,8-9,14,17-18,20-21,27H,2-3,5-7,10-12H2,1H3,(H,24,29)/t17-,18-,20+,21-/m1/s1. The van der Waals surface area contributed by atoms with Gasteiger partial charge in [-0.25, -0.2) is 0 Å². The summed E-state index contributed by atoms with van der Waals surface area (Å²) in [5, 5.41) is 13.2. The lowest BCUT2D eigenvalue weighted by Gasteiger charge is -2.30. The molecule has 0 spiro atoms. The molecule has 1 aromatic heterocycles. The van der Waals surface area contributed by atoms with Gasteiger partial charge in [-0.05, 0) is 55.7 Å². The van der Waals surface area contributed by atoms with E-state index in [2.05, 4.69) is 11.4 Å². The fourth-order valence-corrected chi connectivity index (χ4v) is 5.68. The van der Waals surface area contributed by atoms with E-state index in [0.717, 1.165) is 48.9 Å². The van der Waals surface area contributed by atoms with Gasteiger partial charge in [0.05, 0.1) is 6.04 Å². The second-order valence-corrected chi connectivity index (χ2v) is 9.22. The third-order valence-corrected chi connectivity index (χ3v) is 7.36. The topological polar surface area (TPSA) is 91.6 Å². The van der Waals surface area contributed by atoms with E-state index in [1.54, 1.807) is 9.47 Å². The maximum Gasteiger partial charge on any atom is 0.258 e. The normalized spacial score (nSPS) is 29.5. The monoisotopic (exact) mass is 411 g/mol. The van der Waals surface area contributed by atoms with Gasteiger partial charge in [-0.15, -0.1) is 0 Å². The number of fused-ring (bicyclic) bond motifs is 3. The molecule has 2 fully saturated rings. The largest absolute Gasteiger partial charge is 0.396 e. The molecule has 7 nitrogen and oxygen atoms in total. The van der Waals surface area contributed by atoms with Crippen LogP contribution in [-0.4, -0.2) is 45.6 Å². The van der Waals surface area contributed by atoms with Crippen LogP contribution in [0, 0.1) is 17.8 Å². The first-order valence-corrected chi connectivity index (χ1v) is 11.1. The van der Waals surface area contributed by atoms with Crippen LogP contribution in [-0.2, 0) is 16.1 Å². The molecule has 1 saturated carbocycles. The molecule has 2 aliphatic carbocycles. The highest BCUT2D eigenvalue weighted by Gasteiger charge is 2.56. The Morgan fingerprint density at radius 1 is 1.27 bits per heavy atom. The third kappa shape index (κ3) is 3.02. The smallest absolute Gasteiger partial charge is 0.258 e. The SMILES string of the molecule is CC(=O)N1[C@@H]2c3ccc(C4=CCCC4)c(=O)n3C[C@@H]2[C@@H](CO)[C@@H]1C(=O)NCC1CC1. The molecule has 7 heteroatoms. The molecule has 30 heavy (non-hydrogen) atoms. The minimum Gasteiger partial charge on any atom is -0.396 e. The molecule has 0 aromatic carbocycles. The molecule has 0 bridgehead atoms. The predicted molar refractivity (Wildman–Crippen MR) is 111 cm³/mol. The van der Waals surface area contributed by atoms with Gasteiger partial charge in [0.25, 0.3) is 5.56 Å². The number of carbonyl (C=O) groups is 2. The number of carbonyl (C=O) groups excluding carboxylic acids is 2. The predicted octanol–water partition coefficient (Wildman–Crippen LogP) is 1.45. The highest BCUT2D eigenvalue weighted by Crippen LogP contribution is 2.49. The number of likely N-dealkylation sites (tertiary alicyclic amines) is 1. The van der Waals surface area contributed by atoms with Gasteiger partial charge in [0.1, 0.15) is 6.04 Å². The van der Waals surface area contributed by atoms with Crippen molar-refractivity contribution < 1.29 is 14.7 Å². The first-order chi connectivity index (χ1) is 14.5. The van der Waals surface area contributed by atoms with Gasteiger partial charge in [0.2, 0.25) is 11.8 Å². The number of aliphatic hydroxyl groups excluding tert-OH is 1. The maximum absolute atomic E-state index is 13.2. The van der Waals surface area contributed by atoms with Crippen LogP contribution < -0.4 is 10.9 Å². The number of pyridine rings is 1. The van der Waals surface area contributed by atoms with E-state index in [1.165, 1.54) is 6.92 Å². The fourth-order valence-electron chi connectivity index (χ4n) is 5.68. The number of aliphatic hydroxyl groups is 1. The number of aromatic nitrogens is 1. The molecule has 160 valence electrons. The molecule has 1 saturated heterocycles. The van der Waals surface area contributed by atoms with E-state index in [4.69, 9.17) is 0 Å². The fraction of sp³-hybridized carbons (Fsp3) is 0.609. The average molecular weight is 412 g/mol. The minimum atomic E-state index is -0.692. The Morgan fingerprint density at radius 3 is 2.70 bits per heavy atom. The van der Waals surface area contributed by atoms with Gasteiger partial charge in [0, 0.05) is 49.7 Å². The van der Waals surface area contributed by atoms with Crippen molar-refractivity contribution in [1.82, 2.24) is 14.8 Å². The molecule has 0 radical (unpaired) electrons. The van der Waals surface area contributed by atoms with Crippen LogP contribution in [0.4, 0.5) is 0 Å². The van der Waals surface area contributed by atoms with E-state index in [9.17, 15) is 19.5 Å². The van der Waals surface area contributed by atoms with Crippen molar-refractivity contribution in [3.63, 3.8) is 0 Å². The van der Waals surface area contributed by atoms with Gasteiger partial charge >= 0.3 is 0 Å². The maximum atomic E-state index is 13.2. The summed E-state index contributed by atoms with van der Waals surface area (Å²) in [6.45, 7) is 2.34. The lowest BCUT2D eigenvalue weighted by molar-refractivity contribution is -0.140. The van der Waals surface area contributed by atoms with Crippen LogP contribution in [0.15, 0.2) is 23.0 Å². The van der Waals surface area contributed by atoms with Crippen molar-refractivity contribution in [1.29, 1.82) is 0 Å². The molecule has 2 aliphatic heterocycles. The van der Waals surface area contributed by atoms with E-state index in [1.807, 2.05) is 12.1 Å². The van der Waals surface area contributed by atoms with Crippen LogP contribution in [0.25, 0.3) is 5.57 Å². The number of nitrogens with zero attached hydrogens (tertiary/aromatic N) is 2. The van der Waals surface area contributed by atoms with Gasteiger partial charge < -0.3 is 19.9 Å². The van der Waals surface area contributed by atoms with Crippen molar-refractivity contribution in [2.75, 3.05) is 13.2 Å². The quantitative estimate of drug-likeness (QED) is 0.767. The highest BCUT2D eigenvalue weighted by atomic mass is 16.3. The minimum absolute atomic E-state index is 0.0232. The molecule has 1 aromatic rings. The molecule has 5 rings (SSSR count). The second-order valence-electron chi connectivity index (χ2n) is 9.22. The summed E-state index contributed by atoms with van der Waals surface area (Å²) in [6.07, 6.45) is 7.39. The summed E-state index contributed by atoms with van der Waals surface area (Å²) in [6, 6.07) is 2.77. The molecule has 4 aliphatic rings. The first-order valence-electron chi connectivity index (χ1n) is 11.1. The number of allylic oxidation sites excluding steroid dienone is 2. The Kier molecular flexibility index (Phi) is 4.81. The van der Waals surface area contributed by atoms with E-state index in [0.29, 0.717) is 19.0 Å². The lowest BCUT2D eigenvalue weighted by Crippen LogP contribution is -2.50. The Labute approximate surface area is 175 Å². The summed E-state index contributed by atoms with van der Waals surface area (Å²) >= 11 is 0. The Balaban J connectivity index is 1.50. The Morgan fingerprint density at radius 2 is 2.07 bits per heavy atom.